The monoisotopic (exact) mass is 668 g/mol. The van der Waals surface area contributed by atoms with Crippen LogP contribution in [0.25, 0.3) is 0 Å². The van der Waals surface area contributed by atoms with Crippen LogP contribution in [0.3, 0.4) is 0 Å². The molecule has 0 saturated carbocycles. The van der Waals surface area contributed by atoms with Gasteiger partial charge in [-0.3, -0.25) is 14.4 Å². The largest absolute Gasteiger partial charge is 0.496 e. The summed E-state index contributed by atoms with van der Waals surface area (Å²) in [6.07, 6.45) is 1.20. The lowest BCUT2D eigenvalue weighted by Crippen LogP contribution is -2.49. The minimum absolute atomic E-state index is 0.0257. The molecule has 1 fully saturated rings. The highest BCUT2D eigenvalue weighted by Crippen LogP contribution is 2.30. The van der Waals surface area contributed by atoms with E-state index in [0.717, 1.165) is 0 Å². The number of rotatable bonds is 4. The van der Waals surface area contributed by atoms with E-state index < -0.39 is 39.8 Å². The topological polar surface area (TPSA) is 134 Å². The van der Waals surface area contributed by atoms with Gasteiger partial charge in [0.2, 0.25) is 21.8 Å². The minimum atomic E-state index is -3.87. The summed E-state index contributed by atoms with van der Waals surface area (Å²) in [7, 11) is -0.795. The van der Waals surface area contributed by atoms with Crippen LogP contribution in [0.5, 0.6) is 11.5 Å². The second-order valence-electron chi connectivity index (χ2n) is 11.3. The molecule has 11 nitrogen and oxygen atoms in total. The molecule has 46 heavy (non-hydrogen) atoms. The van der Waals surface area contributed by atoms with Crippen molar-refractivity contribution >= 4 is 39.3 Å². The van der Waals surface area contributed by atoms with Gasteiger partial charge in [0.1, 0.15) is 24.1 Å². The molecule has 3 amide bonds. The first-order chi connectivity index (χ1) is 22.1. The third kappa shape index (κ3) is 7.46. The number of sulfonamides is 1. The Bertz CT molecular complexity index is 1720. The highest BCUT2D eigenvalue weighted by Gasteiger charge is 2.36. The summed E-state index contributed by atoms with van der Waals surface area (Å²) in [5.74, 6) is -0.834. The maximum Gasteiger partial charge on any atom is 0.255 e. The summed E-state index contributed by atoms with van der Waals surface area (Å²) >= 11 is 6.32. The summed E-state index contributed by atoms with van der Waals surface area (Å²) < 4.78 is 40.5. The van der Waals surface area contributed by atoms with Gasteiger partial charge in [-0.05, 0) is 66.8 Å². The molecule has 0 spiro atoms. The number of carbonyl (C=O) groups is 3. The molecule has 2 atom stereocenters. The van der Waals surface area contributed by atoms with Crippen LogP contribution >= 0.6 is 11.6 Å². The van der Waals surface area contributed by atoms with Crippen LogP contribution < -0.4 is 20.1 Å². The normalized spacial score (nSPS) is 20.5. The molecule has 2 heterocycles. The van der Waals surface area contributed by atoms with Crippen LogP contribution in [0.4, 0.5) is 0 Å². The van der Waals surface area contributed by atoms with Gasteiger partial charge in [0.25, 0.3) is 5.91 Å². The second kappa shape index (κ2) is 14.5. The number of likely N-dealkylation sites (N-methyl/N-ethyl adjacent to an activating group) is 1. The number of hydrogen-bond donors (Lipinski definition) is 2. The Morgan fingerprint density at radius 1 is 1.11 bits per heavy atom. The van der Waals surface area contributed by atoms with E-state index >= 15 is 0 Å². The van der Waals surface area contributed by atoms with E-state index in [1.807, 2.05) is 6.07 Å². The molecule has 3 aromatic rings. The van der Waals surface area contributed by atoms with Gasteiger partial charge in [-0.1, -0.05) is 41.9 Å². The average molecular weight is 669 g/mol. The number of carbonyl (C=O) groups excluding carboxylic acids is 3. The summed E-state index contributed by atoms with van der Waals surface area (Å²) in [4.78, 5) is 42.0. The summed E-state index contributed by atoms with van der Waals surface area (Å²) in [6, 6.07) is 16.7. The molecular formula is C33H37ClN4O7S. The van der Waals surface area contributed by atoms with Gasteiger partial charge in [-0.15, -0.1) is 0 Å². The highest BCUT2D eigenvalue weighted by molar-refractivity contribution is 7.89. The Morgan fingerprint density at radius 2 is 1.87 bits per heavy atom. The van der Waals surface area contributed by atoms with E-state index in [4.69, 9.17) is 21.1 Å². The van der Waals surface area contributed by atoms with Crippen LogP contribution in [0, 0.1) is 0 Å². The fourth-order valence-electron chi connectivity index (χ4n) is 5.76. The highest BCUT2D eigenvalue weighted by atomic mass is 35.5. The lowest BCUT2D eigenvalue weighted by molar-refractivity contribution is -0.135. The predicted molar refractivity (Wildman–Crippen MR) is 172 cm³/mol. The van der Waals surface area contributed by atoms with Gasteiger partial charge in [0.15, 0.2) is 0 Å². The molecule has 0 aromatic heterocycles. The van der Waals surface area contributed by atoms with E-state index in [0.29, 0.717) is 41.3 Å². The van der Waals surface area contributed by atoms with E-state index in [2.05, 4.69) is 10.6 Å². The van der Waals surface area contributed by atoms with E-state index in [1.165, 1.54) is 22.4 Å². The van der Waals surface area contributed by atoms with Gasteiger partial charge >= 0.3 is 0 Å². The van der Waals surface area contributed by atoms with Crippen molar-refractivity contribution in [3.05, 3.63) is 88.4 Å². The number of halogens is 1. The van der Waals surface area contributed by atoms with Crippen molar-refractivity contribution in [2.45, 2.75) is 49.2 Å². The maximum absolute atomic E-state index is 13.8. The Balaban J connectivity index is 1.47. The first kappa shape index (κ1) is 33.2. The third-order valence-corrected chi connectivity index (χ3v) is 10.5. The number of benzene rings is 3. The number of hydrogen-bond acceptors (Lipinski definition) is 7. The minimum Gasteiger partial charge on any atom is -0.496 e. The van der Waals surface area contributed by atoms with E-state index in [-0.39, 0.29) is 48.7 Å². The fraction of sp³-hybridized carbons (Fsp3) is 0.364. The zero-order chi connectivity index (χ0) is 32.8. The van der Waals surface area contributed by atoms with Crippen LogP contribution in [0.15, 0.2) is 71.6 Å². The zero-order valence-electron chi connectivity index (χ0n) is 25.7. The van der Waals surface area contributed by atoms with Crippen LogP contribution in [-0.2, 0) is 32.6 Å². The fourth-order valence-corrected chi connectivity index (χ4v) is 7.69. The summed E-state index contributed by atoms with van der Waals surface area (Å²) in [5, 5.41) is 6.03. The number of nitrogens with one attached hydrogen (secondary N) is 2. The van der Waals surface area contributed by atoms with Crippen LogP contribution in [0.2, 0.25) is 5.02 Å². The zero-order valence-corrected chi connectivity index (χ0v) is 27.3. The van der Waals surface area contributed by atoms with Gasteiger partial charge in [0, 0.05) is 31.7 Å². The smallest absolute Gasteiger partial charge is 0.255 e. The van der Waals surface area contributed by atoms with Gasteiger partial charge in [0.05, 0.1) is 30.0 Å². The maximum atomic E-state index is 13.8. The third-order valence-electron chi connectivity index (χ3n) is 8.20. The number of para-hydroxylation sites is 1. The van der Waals surface area contributed by atoms with E-state index in [9.17, 15) is 22.8 Å². The van der Waals surface area contributed by atoms with Crippen molar-refractivity contribution < 1.29 is 32.3 Å². The number of fused-ring (bicyclic) bond motifs is 4. The second-order valence-corrected chi connectivity index (χ2v) is 13.6. The van der Waals surface area contributed by atoms with Crippen LogP contribution in [-0.4, -0.2) is 81.3 Å². The lowest BCUT2D eigenvalue weighted by Gasteiger charge is -2.26. The van der Waals surface area contributed by atoms with Crippen molar-refractivity contribution in [3.63, 3.8) is 0 Å². The molecular weight excluding hydrogens is 632 g/mol. The number of ether oxygens (including phenoxy) is 2. The molecule has 3 aromatic carbocycles. The molecule has 13 heteroatoms. The molecule has 0 unspecified atom stereocenters. The molecule has 244 valence electrons. The number of amides is 3. The Morgan fingerprint density at radius 3 is 2.65 bits per heavy atom. The van der Waals surface area contributed by atoms with Crippen LogP contribution in [0.1, 0.15) is 40.7 Å². The van der Waals surface area contributed by atoms with Crippen molar-refractivity contribution in [2.75, 3.05) is 33.9 Å². The quantitative estimate of drug-likeness (QED) is 0.435. The average Bonchev–Trinajstić information content (AvgIpc) is 3.53. The standard InChI is InChI=1S/C33H37ClN4O7S/c1-37(20-23-8-3-5-11-27(23)34)33(41)28-19-31(39)35-16-15-22-18-25(13-14-29(22)44-2)46(42,43)38-17-7-9-24(38)21-45-30-12-6-4-10-26(30)32(40)36-28/h3-6,8,10-14,18,24,28H,7,9,15-17,19-21H2,1-2H3,(H,35,39)(H,36,40)/t24-,28-/m0/s1. The molecule has 2 N–H and O–H groups in total. The number of nitrogens with zero attached hydrogens (tertiary/aromatic N) is 2. The molecule has 0 radical (unpaired) electrons. The van der Waals surface area contributed by atoms with Gasteiger partial charge in [-0.25, -0.2) is 8.42 Å². The summed E-state index contributed by atoms with van der Waals surface area (Å²) in [6.45, 7) is 0.675. The molecule has 2 aliphatic rings. The van der Waals surface area contributed by atoms with Crippen molar-refractivity contribution in [3.8, 4) is 11.5 Å². The van der Waals surface area contributed by atoms with Gasteiger partial charge < -0.3 is 25.0 Å². The van der Waals surface area contributed by atoms with Crippen molar-refractivity contribution in [2.24, 2.45) is 0 Å². The molecule has 0 aliphatic carbocycles. The van der Waals surface area contributed by atoms with Gasteiger partial charge in [-0.2, -0.15) is 4.31 Å². The van der Waals surface area contributed by atoms with Crippen molar-refractivity contribution in [1.29, 1.82) is 0 Å². The Kier molecular flexibility index (Phi) is 10.5. The summed E-state index contributed by atoms with van der Waals surface area (Å²) in [5.41, 5.74) is 1.47. The first-order valence-electron chi connectivity index (χ1n) is 15.0. The first-order valence-corrected chi connectivity index (χ1v) is 16.9. The number of methoxy groups -OCH3 is 1. The molecule has 5 rings (SSSR count). The van der Waals surface area contributed by atoms with Crippen molar-refractivity contribution in [1.82, 2.24) is 19.8 Å². The molecule has 2 aliphatic heterocycles. The van der Waals surface area contributed by atoms with E-state index in [1.54, 1.807) is 61.6 Å². The SMILES string of the molecule is COc1ccc2cc1CCNC(=O)C[C@@H](C(=O)N(C)Cc1ccccc1Cl)NC(=O)c1ccccc1OC[C@@H]1CCCN1S2(=O)=O. The molecule has 1 saturated heterocycles. The molecule has 2 bridgehead atoms. The Hall–Kier alpha value is -4.13. The predicted octanol–water partition coefficient (Wildman–Crippen LogP) is 3.40. The lowest BCUT2D eigenvalue weighted by atomic mass is 10.1. The Labute approximate surface area is 273 Å².